The molecule has 0 aromatic carbocycles. The maximum absolute atomic E-state index is 2.47. The van der Waals surface area contributed by atoms with Gasteiger partial charge in [0, 0.05) is 0 Å². The molecule has 23 heavy (non-hydrogen) atoms. The van der Waals surface area contributed by atoms with E-state index < -0.39 is 0 Å². The molecule has 0 aromatic heterocycles. The third kappa shape index (κ3) is 8.05. The van der Waals surface area contributed by atoms with Crippen molar-refractivity contribution in [3.05, 3.63) is 0 Å². The highest BCUT2D eigenvalue weighted by molar-refractivity contribution is 4.68. The van der Waals surface area contributed by atoms with Gasteiger partial charge in [0.25, 0.3) is 0 Å². The van der Waals surface area contributed by atoms with Gasteiger partial charge in [0.1, 0.15) is 0 Å². The van der Waals surface area contributed by atoms with Gasteiger partial charge in [0.05, 0.1) is 25.7 Å². The minimum Gasteiger partial charge on any atom is -0.321 e. The minimum atomic E-state index is 0.991. The average molecular weight is 325 g/mol. The summed E-state index contributed by atoms with van der Waals surface area (Å²) in [7, 11) is 0. The third-order valence-electron chi connectivity index (χ3n) is 6.39. The van der Waals surface area contributed by atoms with Crippen LogP contribution >= 0.6 is 0 Å². The highest BCUT2D eigenvalue weighted by Gasteiger charge is 2.35. The average Bonchev–Trinajstić information content (AvgIpc) is 2.61. The Morgan fingerprint density at radius 2 is 1.13 bits per heavy atom. The van der Waals surface area contributed by atoms with E-state index in [2.05, 4.69) is 20.8 Å². The van der Waals surface area contributed by atoms with Crippen LogP contribution in [0.15, 0.2) is 0 Å². The summed E-state index contributed by atoms with van der Waals surface area (Å²) in [5, 5.41) is 0. The molecule has 1 fully saturated rings. The molecule has 1 aliphatic carbocycles. The topological polar surface area (TPSA) is 0 Å². The second kappa shape index (κ2) is 13.3. The van der Waals surface area contributed by atoms with Crippen LogP contribution in [0.25, 0.3) is 0 Å². The molecule has 1 rings (SSSR count). The molecule has 1 unspecified atom stereocenters. The molecule has 1 aliphatic rings. The van der Waals surface area contributed by atoms with Crippen molar-refractivity contribution in [2.45, 2.75) is 123 Å². The summed E-state index contributed by atoms with van der Waals surface area (Å²) in [5.41, 5.74) is 0. The number of nitrogens with zero attached hydrogens (tertiary/aromatic N) is 1. The lowest BCUT2D eigenvalue weighted by Gasteiger charge is -2.46. The van der Waals surface area contributed by atoms with Crippen LogP contribution in [0.1, 0.15) is 117 Å². The summed E-state index contributed by atoms with van der Waals surface area (Å²) in [5.74, 6) is 0. The lowest BCUT2D eigenvalue weighted by atomic mass is 9.91. The largest absolute Gasteiger partial charge is 0.321 e. The lowest BCUT2D eigenvalue weighted by molar-refractivity contribution is -0.951. The molecule has 1 heteroatoms. The Hall–Kier alpha value is -0.0400. The molecule has 0 saturated heterocycles. The molecule has 0 N–H and O–H groups in total. The fourth-order valence-electron chi connectivity index (χ4n) is 4.71. The van der Waals surface area contributed by atoms with Crippen molar-refractivity contribution in [2.24, 2.45) is 0 Å². The van der Waals surface area contributed by atoms with Crippen molar-refractivity contribution in [2.75, 3.05) is 19.6 Å². The third-order valence-corrected chi connectivity index (χ3v) is 6.39. The van der Waals surface area contributed by atoms with E-state index in [1.165, 1.54) is 120 Å². The van der Waals surface area contributed by atoms with Crippen molar-refractivity contribution in [1.29, 1.82) is 0 Å². The Bertz CT molecular complexity index is 257. The van der Waals surface area contributed by atoms with E-state index in [0.717, 1.165) is 6.04 Å². The predicted octanol–water partition coefficient (Wildman–Crippen LogP) is 7.10. The first-order chi connectivity index (χ1) is 11.3. The van der Waals surface area contributed by atoms with Gasteiger partial charge in [-0.2, -0.15) is 0 Å². The molecule has 1 saturated carbocycles. The predicted molar refractivity (Wildman–Crippen MR) is 105 cm³/mol. The number of rotatable bonds is 14. The number of hydrogen-bond donors (Lipinski definition) is 0. The van der Waals surface area contributed by atoms with Crippen LogP contribution in [-0.2, 0) is 0 Å². The van der Waals surface area contributed by atoms with Crippen LogP contribution in [0.2, 0.25) is 0 Å². The molecule has 0 heterocycles. The molecule has 138 valence electrons. The van der Waals surface area contributed by atoms with E-state index >= 15 is 0 Å². The Morgan fingerprint density at radius 1 is 0.609 bits per heavy atom. The van der Waals surface area contributed by atoms with Crippen LogP contribution in [-0.4, -0.2) is 30.2 Å². The van der Waals surface area contributed by atoms with Crippen LogP contribution in [0.3, 0.4) is 0 Å². The summed E-state index contributed by atoms with van der Waals surface area (Å²) in [4.78, 5) is 0. The van der Waals surface area contributed by atoms with E-state index in [-0.39, 0.29) is 0 Å². The van der Waals surface area contributed by atoms with Crippen LogP contribution in [0, 0.1) is 0 Å². The van der Waals surface area contributed by atoms with Gasteiger partial charge in [-0.25, -0.2) is 0 Å². The second-order valence-corrected chi connectivity index (χ2v) is 8.10. The molecular formula is C22H46N+. The highest BCUT2D eigenvalue weighted by Crippen LogP contribution is 2.30. The molecule has 0 aromatic rings. The molecule has 0 aliphatic heterocycles. The van der Waals surface area contributed by atoms with Crippen LogP contribution < -0.4 is 0 Å². The van der Waals surface area contributed by atoms with Gasteiger partial charge in [-0.1, -0.05) is 65.2 Å². The lowest BCUT2D eigenvalue weighted by Crippen LogP contribution is -2.57. The number of quaternary nitrogens is 1. The summed E-state index contributed by atoms with van der Waals surface area (Å²) >= 11 is 0. The van der Waals surface area contributed by atoms with Crippen LogP contribution in [0.4, 0.5) is 0 Å². The van der Waals surface area contributed by atoms with E-state index in [4.69, 9.17) is 0 Å². The monoisotopic (exact) mass is 324 g/mol. The van der Waals surface area contributed by atoms with Gasteiger partial charge in [-0.05, 0) is 51.9 Å². The highest BCUT2D eigenvalue weighted by atomic mass is 15.4. The minimum absolute atomic E-state index is 0.991. The molecule has 0 amide bonds. The maximum atomic E-state index is 2.47. The Kier molecular flexibility index (Phi) is 12.1. The second-order valence-electron chi connectivity index (χ2n) is 8.10. The van der Waals surface area contributed by atoms with Crippen LogP contribution in [0.5, 0.6) is 0 Å². The number of hydrogen-bond acceptors (Lipinski definition) is 0. The smallest absolute Gasteiger partial charge is 0.0890 e. The normalized spacial score (nSPS) is 18.9. The molecule has 0 spiro atoms. The summed E-state index contributed by atoms with van der Waals surface area (Å²) in [6.07, 6.45) is 21.9. The fraction of sp³-hybridized carbons (Fsp3) is 1.00. The van der Waals surface area contributed by atoms with Gasteiger partial charge in [-0.15, -0.1) is 0 Å². The first-order valence-corrected chi connectivity index (χ1v) is 11.1. The molecule has 0 bridgehead atoms. The van der Waals surface area contributed by atoms with Crippen molar-refractivity contribution in [3.63, 3.8) is 0 Å². The summed E-state index contributed by atoms with van der Waals surface area (Å²) in [6, 6.07) is 0.991. The van der Waals surface area contributed by atoms with E-state index in [1.54, 1.807) is 0 Å². The van der Waals surface area contributed by atoms with E-state index in [9.17, 15) is 0 Å². The van der Waals surface area contributed by atoms with Gasteiger partial charge in [0.2, 0.25) is 0 Å². The summed E-state index contributed by atoms with van der Waals surface area (Å²) in [6.45, 7) is 11.4. The zero-order valence-electron chi connectivity index (χ0n) is 16.8. The van der Waals surface area contributed by atoms with Crippen molar-refractivity contribution in [3.8, 4) is 0 Å². The van der Waals surface area contributed by atoms with Gasteiger partial charge in [0.15, 0.2) is 0 Å². The maximum Gasteiger partial charge on any atom is 0.0890 e. The van der Waals surface area contributed by atoms with Crippen molar-refractivity contribution in [1.82, 2.24) is 0 Å². The van der Waals surface area contributed by atoms with E-state index in [1.807, 2.05) is 0 Å². The molecule has 0 radical (unpaired) electrons. The first-order valence-electron chi connectivity index (χ1n) is 11.1. The van der Waals surface area contributed by atoms with Crippen molar-refractivity contribution < 1.29 is 4.48 Å². The van der Waals surface area contributed by atoms with Gasteiger partial charge < -0.3 is 4.48 Å². The molecule has 1 nitrogen and oxygen atoms in total. The SMILES string of the molecule is CCCCCCCCCC[N+](CC)(CCCC)C1CCCCC1. The van der Waals surface area contributed by atoms with E-state index in [0.29, 0.717) is 0 Å². The first kappa shape index (κ1) is 21.0. The molecular weight excluding hydrogens is 278 g/mol. The Labute approximate surface area is 147 Å². The number of unbranched alkanes of at least 4 members (excludes halogenated alkanes) is 8. The quantitative estimate of drug-likeness (QED) is 0.236. The molecule has 1 atom stereocenters. The van der Waals surface area contributed by atoms with Gasteiger partial charge >= 0.3 is 0 Å². The fourth-order valence-corrected chi connectivity index (χ4v) is 4.71. The Balaban J connectivity index is 2.33. The summed E-state index contributed by atoms with van der Waals surface area (Å²) < 4.78 is 1.46. The van der Waals surface area contributed by atoms with Crippen molar-refractivity contribution >= 4 is 0 Å². The zero-order valence-corrected chi connectivity index (χ0v) is 16.8. The Morgan fingerprint density at radius 3 is 1.70 bits per heavy atom. The standard InChI is InChI=1S/C22H46N/c1-4-7-9-10-11-12-13-17-21-23(6-3,20-8-5-2)22-18-15-14-16-19-22/h22H,4-21H2,1-3H3/q+1. The van der Waals surface area contributed by atoms with Gasteiger partial charge in [-0.3, -0.25) is 0 Å². The zero-order chi connectivity index (χ0) is 16.8.